The van der Waals surface area contributed by atoms with E-state index in [2.05, 4.69) is 13.8 Å². The summed E-state index contributed by atoms with van der Waals surface area (Å²) in [5.41, 5.74) is 6.70. The SMILES string of the molecule is CCOCCOc1ccccc1C(=O)N1CCC(N)C(C)(C)C1. The molecule has 1 saturated heterocycles. The van der Waals surface area contributed by atoms with E-state index < -0.39 is 0 Å². The van der Waals surface area contributed by atoms with Crippen LogP contribution in [0.4, 0.5) is 0 Å². The molecule has 0 radical (unpaired) electrons. The average Bonchev–Trinajstić information content (AvgIpc) is 2.54. The van der Waals surface area contributed by atoms with Gasteiger partial charge >= 0.3 is 0 Å². The standard InChI is InChI=1S/C18H28N2O3/c1-4-22-11-12-23-15-8-6-5-7-14(15)17(21)20-10-9-16(19)18(2,3)13-20/h5-8,16H,4,9-13,19H2,1-3H3. The predicted molar refractivity (Wildman–Crippen MR) is 90.7 cm³/mol. The highest BCUT2D eigenvalue weighted by Gasteiger charge is 2.36. The minimum absolute atomic E-state index is 0.0111. The summed E-state index contributed by atoms with van der Waals surface area (Å²) in [6.07, 6.45) is 0.826. The minimum Gasteiger partial charge on any atom is -0.490 e. The first kappa shape index (κ1) is 17.8. The highest BCUT2D eigenvalue weighted by molar-refractivity contribution is 5.97. The summed E-state index contributed by atoms with van der Waals surface area (Å²) >= 11 is 0. The van der Waals surface area contributed by atoms with Gasteiger partial charge in [-0.15, -0.1) is 0 Å². The number of para-hydroxylation sites is 1. The average molecular weight is 320 g/mol. The Morgan fingerprint density at radius 3 is 2.78 bits per heavy atom. The molecule has 1 aliphatic rings. The van der Waals surface area contributed by atoms with Gasteiger partial charge in [0.05, 0.1) is 12.2 Å². The van der Waals surface area contributed by atoms with E-state index in [1.165, 1.54) is 0 Å². The number of piperidine rings is 1. The van der Waals surface area contributed by atoms with Crippen molar-refractivity contribution < 1.29 is 14.3 Å². The molecule has 0 saturated carbocycles. The van der Waals surface area contributed by atoms with E-state index in [1.54, 1.807) is 0 Å². The fourth-order valence-electron chi connectivity index (χ4n) is 2.84. The number of benzene rings is 1. The number of hydrogen-bond acceptors (Lipinski definition) is 4. The highest BCUT2D eigenvalue weighted by Crippen LogP contribution is 2.30. The minimum atomic E-state index is -0.0708. The molecular weight excluding hydrogens is 292 g/mol. The van der Waals surface area contributed by atoms with Crippen LogP contribution in [0.1, 0.15) is 37.6 Å². The molecule has 1 unspecified atom stereocenters. The molecule has 1 aromatic rings. The molecule has 1 fully saturated rings. The van der Waals surface area contributed by atoms with Gasteiger partial charge in [0.2, 0.25) is 0 Å². The number of carbonyl (C=O) groups is 1. The molecule has 1 aliphatic heterocycles. The van der Waals surface area contributed by atoms with Crippen molar-refractivity contribution in [2.24, 2.45) is 11.1 Å². The number of nitrogens with zero attached hydrogens (tertiary/aromatic N) is 1. The van der Waals surface area contributed by atoms with Gasteiger partial charge in [0.15, 0.2) is 0 Å². The van der Waals surface area contributed by atoms with Gasteiger partial charge in [0, 0.05) is 25.7 Å². The number of likely N-dealkylation sites (tertiary alicyclic amines) is 1. The number of rotatable bonds is 6. The third-order valence-corrected chi connectivity index (χ3v) is 4.41. The van der Waals surface area contributed by atoms with Crippen molar-refractivity contribution >= 4 is 5.91 Å². The fourth-order valence-corrected chi connectivity index (χ4v) is 2.84. The molecule has 5 nitrogen and oxygen atoms in total. The Hall–Kier alpha value is -1.59. The molecule has 0 spiro atoms. The molecule has 2 N–H and O–H groups in total. The Labute approximate surface area is 138 Å². The van der Waals surface area contributed by atoms with Gasteiger partial charge in [-0.05, 0) is 30.9 Å². The fraction of sp³-hybridized carbons (Fsp3) is 0.611. The van der Waals surface area contributed by atoms with Crippen molar-refractivity contribution in [1.82, 2.24) is 4.90 Å². The van der Waals surface area contributed by atoms with E-state index in [0.717, 1.165) is 6.42 Å². The monoisotopic (exact) mass is 320 g/mol. The molecule has 1 aromatic carbocycles. The number of hydrogen-bond donors (Lipinski definition) is 1. The van der Waals surface area contributed by atoms with Crippen LogP contribution >= 0.6 is 0 Å². The van der Waals surface area contributed by atoms with Crippen molar-refractivity contribution in [1.29, 1.82) is 0 Å². The van der Waals surface area contributed by atoms with Crippen LogP contribution in [-0.4, -0.2) is 49.8 Å². The van der Waals surface area contributed by atoms with Crippen LogP contribution < -0.4 is 10.5 Å². The topological polar surface area (TPSA) is 64.8 Å². The lowest BCUT2D eigenvalue weighted by molar-refractivity contribution is 0.0526. The van der Waals surface area contributed by atoms with E-state index in [9.17, 15) is 4.79 Å². The first-order chi connectivity index (χ1) is 11.0. The zero-order valence-electron chi connectivity index (χ0n) is 14.4. The predicted octanol–water partition coefficient (Wildman–Crippen LogP) is 2.30. The van der Waals surface area contributed by atoms with Gasteiger partial charge in [-0.1, -0.05) is 26.0 Å². The Morgan fingerprint density at radius 2 is 2.09 bits per heavy atom. The number of ether oxygens (including phenoxy) is 2. The molecule has 128 valence electrons. The van der Waals surface area contributed by atoms with Gasteiger partial charge in [-0.25, -0.2) is 0 Å². The zero-order valence-corrected chi connectivity index (χ0v) is 14.4. The van der Waals surface area contributed by atoms with E-state index in [1.807, 2.05) is 36.1 Å². The summed E-state index contributed by atoms with van der Waals surface area (Å²) in [5, 5.41) is 0. The second-order valence-electron chi connectivity index (χ2n) is 6.65. The summed E-state index contributed by atoms with van der Waals surface area (Å²) in [6, 6.07) is 7.52. The third-order valence-electron chi connectivity index (χ3n) is 4.41. The zero-order chi connectivity index (χ0) is 16.9. The van der Waals surface area contributed by atoms with Gasteiger partial charge in [0.25, 0.3) is 5.91 Å². The molecule has 1 amide bonds. The Morgan fingerprint density at radius 1 is 1.35 bits per heavy atom. The van der Waals surface area contributed by atoms with Crippen LogP contribution in [0.25, 0.3) is 0 Å². The lowest BCUT2D eigenvalue weighted by atomic mass is 9.79. The molecule has 1 heterocycles. The Balaban J connectivity index is 2.07. The second kappa shape index (κ2) is 7.79. The molecule has 1 atom stereocenters. The molecule has 0 aliphatic carbocycles. The van der Waals surface area contributed by atoms with Crippen LogP contribution in [0, 0.1) is 5.41 Å². The molecule has 23 heavy (non-hydrogen) atoms. The summed E-state index contributed by atoms with van der Waals surface area (Å²) in [7, 11) is 0. The van der Waals surface area contributed by atoms with Crippen LogP contribution in [0.15, 0.2) is 24.3 Å². The summed E-state index contributed by atoms with van der Waals surface area (Å²) < 4.78 is 11.0. The van der Waals surface area contributed by atoms with Crippen LogP contribution in [0.3, 0.4) is 0 Å². The van der Waals surface area contributed by atoms with Crippen molar-refractivity contribution in [3.63, 3.8) is 0 Å². The summed E-state index contributed by atoms with van der Waals surface area (Å²) in [5.74, 6) is 0.627. The van der Waals surface area contributed by atoms with Gasteiger partial charge in [0.1, 0.15) is 12.4 Å². The van der Waals surface area contributed by atoms with Gasteiger partial charge in [-0.3, -0.25) is 4.79 Å². The Bertz CT molecular complexity index is 531. The van der Waals surface area contributed by atoms with Crippen LogP contribution in [0.2, 0.25) is 0 Å². The lowest BCUT2D eigenvalue weighted by Crippen LogP contribution is -2.54. The number of amides is 1. The van der Waals surface area contributed by atoms with Crippen molar-refractivity contribution in [2.45, 2.75) is 33.2 Å². The quantitative estimate of drug-likeness (QED) is 0.817. The summed E-state index contributed by atoms with van der Waals surface area (Å²) in [4.78, 5) is 14.8. The van der Waals surface area contributed by atoms with Gasteiger partial charge in [-0.2, -0.15) is 0 Å². The first-order valence-electron chi connectivity index (χ1n) is 8.30. The summed E-state index contributed by atoms with van der Waals surface area (Å²) in [6.45, 7) is 9.15. The molecule has 0 bridgehead atoms. The maximum atomic E-state index is 12.9. The van der Waals surface area contributed by atoms with E-state index in [0.29, 0.717) is 44.2 Å². The normalized spacial score (nSPS) is 20.3. The van der Waals surface area contributed by atoms with Crippen LogP contribution in [0.5, 0.6) is 5.75 Å². The van der Waals surface area contributed by atoms with Gasteiger partial charge < -0.3 is 20.1 Å². The molecule has 2 rings (SSSR count). The van der Waals surface area contributed by atoms with Crippen molar-refractivity contribution in [3.05, 3.63) is 29.8 Å². The van der Waals surface area contributed by atoms with Crippen molar-refractivity contribution in [3.8, 4) is 5.75 Å². The highest BCUT2D eigenvalue weighted by atomic mass is 16.5. The maximum Gasteiger partial charge on any atom is 0.257 e. The molecule has 5 heteroatoms. The molecular formula is C18H28N2O3. The molecule has 0 aromatic heterocycles. The van der Waals surface area contributed by atoms with E-state index in [-0.39, 0.29) is 17.4 Å². The largest absolute Gasteiger partial charge is 0.490 e. The maximum absolute atomic E-state index is 12.9. The number of nitrogens with two attached hydrogens (primary N) is 1. The third kappa shape index (κ3) is 4.45. The first-order valence-corrected chi connectivity index (χ1v) is 8.30. The second-order valence-corrected chi connectivity index (χ2v) is 6.65. The Kier molecular flexibility index (Phi) is 6.02. The van der Waals surface area contributed by atoms with E-state index in [4.69, 9.17) is 15.2 Å². The lowest BCUT2D eigenvalue weighted by Gasteiger charge is -2.42. The van der Waals surface area contributed by atoms with Crippen molar-refractivity contribution in [2.75, 3.05) is 32.9 Å². The van der Waals surface area contributed by atoms with Crippen LogP contribution in [-0.2, 0) is 4.74 Å². The number of carbonyl (C=O) groups excluding carboxylic acids is 1. The smallest absolute Gasteiger partial charge is 0.257 e. The van der Waals surface area contributed by atoms with E-state index >= 15 is 0 Å².